The topological polar surface area (TPSA) is 53.6 Å². The predicted molar refractivity (Wildman–Crippen MR) is 108 cm³/mol. The highest BCUT2D eigenvalue weighted by Crippen LogP contribution is 2.21. The third-order valence-corrected chi connectivity index (χ3v) is 5.54. The maximum Gasteiger partial charge on any atom is 0.193 e. The Labute approximate surface area is 154 Å². The molecule has 0 aliphatic carbocycles. The van der Waals surface area contributed by atoms with Gasteiger partial charge >= 0.3 is 0 Å². The molecule has 1 aliphatic heterocycles. The summed E-state index contributed by atoms with van der Waals surface area (Å²) >= 11 is 1.85. The number of nitrogens with two attached hydrogens (primary N) is 1. The fourth-order valence-electron chi connectivity index (χ4n) is 3.41. The van der Waals surface area contributed by atoms with Crippen LogP contribution in [0.15, 0.2) is 40.7 Å². The lowest BCUT2D eigenvalue weighted by atomic mass is 9.97. The van der Waals surface area contributed by atoms with Crippen molar-refractivity contribution in [1.82, 2.24) is 4.90 Å². The molecule has 1 aliphatic rings. The molecule has 1 saturated heterocycles. The molecular formula is C20H28N4S. The van der Waals surface area contributed by atoms with Crippen molar-refractivity contribution in [2.45, 2.75) is 33.2 Å². The molecule has 0 unspecified atom stereocenters. The fraction of sp³-hybridized carbons (Fsp3) is 0.450. The van der Waals surface area contributed by atoms with E-state index >= 15 is 0 Å². The molecule has 5 heteroatoms. The van der Waals surface area contributed by atoms with E-state index in [2.05, 4.69) is 64.8 Å². The monoisotopic (exact) mass is 356 g/mol. The number of thiophene rings is 1. The molecule has 4 nitrogen and oxygen atoms in total. The second-order valence-corrected chi connectivity index (χ2v) is 8.06. The standard InChI is InChI=1S/C20H28N4S/c1-15-10-16(2)12-18(11-15)23-20(21)22-13-17-5-7-24(8-6-17)14-19-4-3-9-25-19/h3-4,9-12,17H,5-8,13-14H2,1-2H3,(H3,21,22,23). The number of aryl methyl sites for hydroxylation is 2. The molecule has 0 spiro atoms. The summed E-state index contributed by atoms with van der Waals surface area (Å²) in [6, 6.07) is 10.7. The van der Waals surface area contributed by atoms with E-state index in [9.17, 15) is 0 Å². The summed E-state index contributed by atoms with van der Waals surface area (Å²) in [5.74, 6) is 1.16. The minimum atomic E-state index is 0.519. The zero-order chi connectivity index (χ0) is 17.6. The second-order valence-electron chi connectivity index (χ2n) is 7.03. The number of rotatable bonds is 5. The van der Waals surface area contributed by atoms with Gasteiger partial charge in [-0.15, -0.1) is 11.3 Å². The van der Waals surface area contributed by atoms with Crippen LogP contribution in [0.3, 0.4) is 0 Å². The Morgan fingerprint density at radius 2 is 1.96 bits per heavy atom. The van der Waals surface area contributed by atoms with E-state index in [-0.39, 0.29) is 0 Å². The molecule has 2 aromatic rings. The van der Waals surface area contributed by atoms with Crippen LogP contribution in [0.25, 0.3) is 0 Å². The Morgan fingerprint density at radius 1 is 1.24 bits per heavy atom. The number of aliphatic imine (C=N–C) groups is 1. The molecule has 0 radical (unpaired) electrons. The van der Waals surface area contributed by atoms with Gasteiger partial charge in [0.05, 0.1) is 0 Å². The van der Waals surface area contributed by atoms with E-state index in [1.807, 2.05) is 11.3 Å². The van der Waals surface area contributed by atoms with Crippen LogP contribution in [0.4, 0.5) is 5.69 Å². The van der Waals surface area contributed by atoms with E-state index in [1.54, 1.807) is 0 Å². The number of anilines is 1. The first-order valence-electron chi connectivity index (χ1n) is 8.98. The molecule has 3 rings (SSSR count). The van der Waals surface area contributed by atoms with Crippen molar-refractivity contribution in [2.24, 2.45) is 16.6 Å². The number of guanidine groups is 1. The smallest absolute Gasteiger partial charge is 0.193 e. The number of nitrogens with one attached hydrogen (secondary N) is 1. The summed E-state index contributed by atoms with van der Waals surface area (Å²) in [5.41, 5.74) is 9.55. The largest absolute Gasteiger partial charge is 0.370 e. The van der Waals surface area contributed by atoms with E-state index < -0.39 is 0 Å². The van der Waals surface area contributed by atoms with Gasteiger partial charge in [-0.1, -0.05) is 12.1 Å². The first-order valence-corrected chi connectivity index (χ1v) is 9.86. The minimum Gasteiger partial charge on any atom is -0.370 e. The number of hydrogen-bond acceptors (Lipinski definition) is 3. The molecule has 2 heterocycles. The molecule has 1 fully saturated rings. The Morgan fingerprint density at radius 3 is 2.60 bits per heavy atom. The van der Waals surface area contributed by atoms with Crippen LogP contribution in [0, 0.1) is 19.8 Å². The zero-order valence-corrected chi connectivity index (χ0v) is 16.0. The minimum absolute atomic E-state index is 0.519. The van der Waals surface area contributed by atoms with E-state index in [1.165, 1.54) is 28.8 Å². The fourth-order valence-corrected chi connectivity index (χ4v) is 4.16. The number of benzene rings is 1. The SMILES string of the molecule is Cc1cc(C)cc(NC(N)=NCC2CCN(Cc3cccs3)CC2)c1. The van der Waals surface area contributed by atoms with Crippen LogP contribution in [-0.4, -0.2) is 30.5 Å². The molecule has 0 amide bonds. The third kappa shape index (κ3) is 5.58. The number of hydrogen-bond donors (Lipinski definition) is 2. The van der Waals surface area contributed by atoms with Gasteiger partial charge in [0.25, 0.3) is 0 Å². The molecule has 1 aromatic heterocycles. The van der Waals surface area contributed by atoms with Gasteiger partial charge in [0.1, 0.15) is 0 Å². The average molecular weight is 357 g/mol. The van der Waals surface area contributed by atoms with E-state index in [4.69, 9.17) is 5.73 Å². The van der Waals surface area contributed by atoms with Crippen molar-refractivity contribution >= 4 is 23.0 Å². The maximum absolute atomic E-state index is 6.07. The van der Waals surface area contributed by atoms with Crippen molar-refractivity contribution in [1.29, 1.82) is 0 Å². The Kier molecular flexibility index (Phi) is 6.10. The molecule has 3 N–H and O–H groups in total. The summed E-state index contributed by atoms with van der Waals surface area (Å²) in [6.07, 6.45) is 2.40. The van der Waals surface area contributed by atoms with Gasteiger partial charge in [-0.05, 0) is 80.4 Å². The highest BCUT2D eigenvalue weighted by molar-refractivity contribution is 7.09. The summed E-state index contributed by atoms with van der Waals surface area (Å²) in [7, 11) is 0. The lowest BCUT2D eigenvalue weighted by Crippen LogP contribution is -2.34. The first kappa shape index (κ1) is 18.0. The Hall–Kier alpha value is -1.85. The van der Waals surface area contributed by atoms with Crippen LogP contribution in [0.2, 0.25) is 0 Å². The lowest BCUT2D eigenvalue weighted by Gasteiger charge is -2.30. The van der Waals surface area contributed by atoms with Gasteiger partial charge in [-0.3, -0.25) is 9.89 Å². The van der Waals surface area contributed by atoms with Gasteiger partial charge in [0.15, 0.2) is 5.96 Å². The van der Waals surface area contributed by atoms with Gasteiger partial charge in [-0.25, -0.2) is 0 Å². The van der Waals surface area contributed by atoms with Gasteiger partial charge in [0, 0.05) is 23.7 Å². The lowest BCUT2D eigenvalue weighted by molar-refractivity contribution is 0.182. The molecule has 0 bridgehead atoms. The first-order chi connectivity index (χ1) is 12.1. The van der Waals surface area contributed by atoms with Crippen LogP contribution < -0.4 is 11.1 Å². The van der Waals surface area contributed by atoms with Crippen molar-refractivity contribution in [3.05, 3.63) is 51.7 Å². The average Bonchev–Trinajstić information content (AvgIpc) is 3.06. The van der Waals surface area contributed by atoms with Gasteiger partial charge in [0.2, 0.25) is 0 Å². The zero-order valence-electron chi connectivity index (χ0n) is 15.2. The number of nitrogens with zero attached hydrogens (tertiary/aromatic N) is 2. The molecule has 25 heavy (non-hydrogen) atoms. The molecule has 0 saturated carbocycles. The van der Waals surface area contributed by atoms with Crippen LogP contribution in [-0.2, 0) is 6.54 Å². The van der Waals surface area contributed by atoms with E-state index in [0.717, 1.165) is 31.9 Å². The van der Waals surface area contributed by atoms with Crippen LogP contribution >= 0.6 is 11.3 Å². The van der Waals surface area contributed by atoms with Crippen molar-refractivity contribution in [3.8, 4) is 0 Å². The van der Waals surface area contributed by atoms with Crippen LogP contribution in [0.1, 0.15) is 28.8 Å². The second kappa shape index (κ2) is 8.50. The van der Waals surface area contributed by atoms with Crippen molar-refractivity contribution in [3.63, 3.8) is 0 Å². The predicted octanol–water partition coefficient (Wildman–Crippen LogP) is 4.00. The summed E-state index contributed by atoms with van der Waals surface area (Å²) in [5, 5.41) is 5.38. The van der Waals surface area contributed by atoms with E-state index in [0.29, 0.717) is 11.9 Å². The van der Waals surface area contributed by atoms with Crippen molar-refractivity contribution in [2.75, 3.05) is 25.0 Å². The molecule has 1 aromatic carbocycles. The van der Waals surface area contributed by atoms with Crippen molar-refractivity contribution < 1.29 is 0 Å². The Bertz CT molecular complexity index is 680. The molecular weight excluding hydrogens is 328 g/mol. The third-order valence-electron chi connectivity index (χ3n) is 4.68. The van der Waals surface area contributed by atoms with Gasteiger partial charge in [-0.2, -0.15) is 0 Å². The molecule has 0 atom stereocenters. The highest BCUT2D eigenvalue weighted by atomic mass is 32.1. The quantitative estimate of drug-likeness (QED) is 0.629. The summed E-state index contributed by atoms with van der Waals surface area (Å²) < 4.78 is 0. The number of piperidine rings is 1. The summed E-state index contributed by atoms with van der Waals surface area (Å²) in [4.78, 5) is 8.57. The maximum atomic E-state index is 6.07. The normalized spacial score (nSPS) is 17.0. The van der Waals surface area contributed by atoms with Crippen LogP contribution in [0.5, 0.6) is 0 Å². The number of likely N-dealkylation sites (tertiary alicyclic amines) is 1. The van der Waals surface area contributed by atoms with Gasteiger partial charge < -0.3 is 11.1 Å². The highest BCUT2D eigenvalue weighted by Gasteiger charge is 2.19. The molecule has 134 valence electrons. The summed E-state index contributed by atoms with van der Waals surface area (Å²) in [6.45, 7) is 8.40. The Balaban J connectivity index is 1.44.